The van der Waals surface area contributed by atoms with Crippen molar-refractivity contribution >= 4 is 34.9 Å². The van der Waals surface area contributed by atoms with E-state index >= 15 is 0 Å². The summed E-state index contributed by atoms with van der Waals surface area (Å²) in [5, 5.41) is 3.02. The molecule has 1 unspecified atom stereocenters. The van der Waals surface area contributed by atoms with Crippen LogP contribution in [0.5, 0.6) is 0 Å². The van der Waals surface area contributed by atoms with Crippen LogP contribution in [0.2, 0.25) is 0 Å². The molecule has 1 aromatic heterocycles. The minimum atomic E-state index is -0.0672. The Morgan fingerprint density at radius 1 is 1.14 bits per heavy atom. The van der Waals surface area contributed by atoms with E-state index in [4.69, 9.17) is 0 Å². The molecule has 7 heteroatoms. The number of thiazole rings is 1. The lowest BCUT2D eigenvalue weighted by atomic mass is 9.89. The fourth-order valence-corrected chi connectivity index (χ4v) is 5.43. The van der Waals surface area contributed by atoms with Crippen molar-refractivity contribution in [2.45, 2.75) is 46.2 Å². The third kappa shape index (κ3) is 6.28. The van der Waals surface area contributed by atoms with Gasteiger partial charge in [0.25, 0.3) is 5.91 Å². The minimum Gasteiger partial charge on any atom is -0.339 e. The molecule has 0 bridgehead atoms. The quantitative estimate of drug-likeness (QED) is 0.410. The van der Waals surface area contributed by atoms with Gasteiger partial charge < -0.3 is 10.2 Å². The molecular formula is C29H34N4O2S. The number of hydrogen-bond donors (Lipinski definition) is 1. The Balaban J connectivity index is 1.59. The number of rotatable bonds is 8. The highest BCUT2D eigenvalue weighted by Crippen LogP contribution is 2.39. The molecule has 3 aromatic rings. The summed E-state index contributed by atoms with van der Waals surface area (Å²) in [6.07, 6.45) is 6.03. The summed E-state index contributed by atoms with van der Waals surface area (Å²) in [5.41, 5.74) is 7.06. The molecule has 2 heterocycles. The molecule has 36 heavy (non-hydrogen) atoms. The molecule has 0 saturated carbocycles. The third-order valence-corrected chi connectivity index (χ3v) is 7.43. The molecule has 1 atom stereocenters. The Kier molecular flexibility index (Phi) is 8.67. The number of para-hydroxylation sites is 1. The zero-order chi connectivity index (χ0) is 25.5. The first-order chi connectivity index (χ1) is 17.5. The van der Waals surface area contributed by atoms with E-state index in [1.165, 1.54) is 10.5 Å². The normalized spacial score (nSPS) is 17.2. The molecule has 1 aliphatic rings. The van der Waals surface area contributed by atoms with Gasteiger partial charge in [-0.15, -0.1) is 11.3 Å². The van der Waals surface area contributed by atoms with Crippen LogP contribution in [0.15, 0.2) is 65.8 Å². The summed E-state index contributed by atoms with van der Waals surface area (Å²) in [6, 6.07) is 16.2. The number of carbonyl (C=O) groups excluding carboxylic acids is 2. The molecule has 188 valence electrons. The average molecular weight is 503 g/mol. The van der Waals surface area contributed by atoms with E-state index in [2.05, 4.69) is 27.3 Å². The molecule has 1 fully saturated rings. The largest absolute Gasteiger partial charge is 0.339 e. The Labute approximate surface area is 217 Å². The predicted molar refractivity (Wildman–Crippen MR) is 147 cm³/mol. The number of nitrogens with one attached hydrogen (secondary N) is 1. The fraction of sp³-hybridized carbons (Fsp3) is 0.345. The molecule has 2 aromatic carbocycles. The molecule has 0 radical (unpaired) electrons. The average Bonchev–Trinajstić information content (AvgIpc) is 3.39. The van der Waals surface area contributed by atoms with Crippen LogP contribution < -0.4 is 5.32 Å². The van der Waals surface area contributed by atoms with Gasteiger partial charge in [-0.25, -0.2) is 0 Å². The van der Waals surface area contributed by atoms with Crippen molar-refractivity contribution in [2.24, 2.45) is 0 Å². The second kappa shape index (κ2) is 12.1. The summed E-state index contributed by atoms with van der Waals surface area (Å²) in [5.74, 6) is 0.00704. The lowest BCUT2D eigenvalue weighted by Gasteiger charge is -2.38. The number of carbonyl (C=O) groups is 2. The molecule has 6 nitrogen and oxygen atoms in total. The molecule has 0 aliphatic carbocycles. The Bertz CT molecular complexity index is 1200. The first-order valence-electron chi connectivity index (χ1n) is 12.5. The summed E-state index contributed by atoms with van der Waals surface area (Å²) in [4.78, 5) is 34.3. The Morgan fingerprint density at radius 2 is 1.89 bits per heavy atom. The molecule has 1 N–H and O–H groups in total. The van der Waals surface area contributed by atoms with Gasteiger partial charge in [0.15, 0.2) is 0 Å². The number of hydrogen-bond acceptors (Lipinski definition) is 5. The van der Waals surface area contributed by atoms with E-state index in [0.717, 1.165) is 48.3 Å². The summed E-state index contributed by atoms with van der Waals surface area (Å²) in [6.45, 7) is 8.72. The second-order valence-corrected chi connectivity index (χ2v) is 10.0. The van der Waals surface area contributed by atoms with Crippen LogP contribution in [0, 0.1) is 0 Å². The van der Waals surface area contributed by atoms with Crippen LogP contribution in [-0.4, -0.2) is 46.2 Å². The van der Waals surface area contributed by atoms with Crippen LogP contribution in [-0.2, 0) is 11.3 Å². The van der Waals surface area contributed by atoms with Gasteiger partial charge in [0.1, 0.15) is 0 Å². The first-order valence-corrected chi connectivity index (χ1v) is 13.4. The SMILES string of the molecule is CCN(CC)C(=O)c1ccc(C=C2CCN(Cc3cncs3)C(c3ccccc3NC(C)=O)C2)cc1. The Morgan fingerprint density at radius 3 is 2.56 bits per heavy atom. The molecule has 1 aliphatic heterocycles. The molecule has 4 rings (SSSR count). The first kappa shape index (κ1) is 25.8. The van der Waals surface area contributed by atoms with Crippen molar-refractivity contribution < 1.29 is 9.59 Å². The summed E-state index contributed by atoms with van der Waals surface area (Å²) >= 11 is 1.67. The Hall–Kier alpha value is -3.29. The van der Waals surface area contributed by atoms with Crippen LogP contribution >= 0.6 is 11.3 Å². The van der Waals surface area contributed by atoms with Crippen LogP contribution in [0.1, 0.15) is 66.0 Å². The minimum absolute atomic E-state index is 0.0672. The third-order valence-electron chi connectivity index (χ3n) is 6.67. The summed E-state index contributed by atoms with van der Waals surface area (Å²) < 4.78 is 0. The summed E-state index contributed by atoms with van der Waals surface area (Å²) in [7, 11) is 0. The van der Waals surface area contributed by atoms with Crippen molar-refractivity contribution in [1.82, 2.24) is 14.8 Å². The lowest BCUT2D eigenvalue weighted by Crippen LogP contribution is -2.34. The van der Waals surface area contributed by atoms with Crippen molar-refractivity contribution in [3.8, 4) is 0 Å². The van der Waals surface area contributed by atoms with Gasteiger partial charge in [0, 0.05) is 61.5 Å². The van der Waals surface area contributed by atoms with Crippen molar-refractivity contribution in [3.05, 3.63) is 87.4 Å². The zero-order valence-electron chi connectivity index (χ0n) is 21.2. The number of piperidine rings is 1. The molecular weight excluding hydrogens is 468 g/mol. The molecule has 1 saturated heterocycles. The number of anilines is 1. The van der Waals surface area contributed by atoms with Gasteiger partial charge in [-0.05, 0) is 56.0 Å². The van der Waals surface area contributed by atoms with E-state index < -0.39 is 0 Å². The van der Waals surface area contributed by atoms with Crippen LogP contribution in [0.3, 0.4) is 0 Å². The van der Waals surface area contributed by atoms with Gasteiger partial charge in [0.2, 0.25) is 5.91 Å². The maximum atomic E-state index is 12.7. The number of nitrogens with zero attached hydrogens (tertiary/aromatic N) is 3. The highest BCUT2D eigenvalue weighted by Gasteiger charge is 2.28. The fourth-order valence-electron chi connectivity index (χ4n) is 4.81. The van der Waals surface area contributed by atoms with Crippen molar-refractivity contribution in [2.75, 3.05) is 25.0 Å². The van der Waals surface area contributed by atoms with Gasteiger partial charge in [-0.3, -0.25) is 19.5 Å². The standard InChI is InChI=1S/C29H34N4O2S/c1-4-32(5-2)29(35)24-12-10-22(11-13-24)16-23-14-15-33(19-25-18-30-20-36-25)28(17-23)26-8-6-7-9-27(26)31-21(3)34/h6-13,16,18,20,28H,4-5,14-15,17,19H2,1-3H3,(H,31,34). The van der Waals surface area contributed by atoms with E-state index in [1.807, 2.05) is 72.9 Å². The zero-order valence-corrected chi connectivity index (χ0v) is 22.1. The van der Waals surface area contributed by atoms with E-state index in [-0.39, 0.29) is 17.9 Å². The second-order valence-electron chi connectivity index (χ2n) is 9.08. The maximum Gasteiger partial charge on any atom is 0.253 e. The van der Waals surface area contributed by atoms with Gasteiger partial charge >= 0.3 is 0 Å². The van der Waals surface area contributed by atoms with E-state index in [9.17, 15) is 9.59 Å². The number of aromatic nitrogens is 1. The van der Waals surface area contributed by atoms with Crippen LogP contribution in [0.25, 0.3) is 6.08 Å². The van der Waals surface area contributed by atoms with Crippen molar-refractivity contribution in [1.29, 1.82) is 0 Å². The smallest absolute Gasteiger partial charge is 0.253 e. The van der Waals surface area contributed by atoms with Crippen LogP contribution in [0.4, 0.5) is 5.69 Å². The van der Waals surface area contributed by atoms with Crippen molar-refractivity contribution in [3.63, 3.8) is 0 Å². The van der Waals surface area contributed by atoms with Gasteiger partial charge in [0.05, 0.1) is 5.51 Å². The van der Waals surface area contributed by atoms with Gasteiger partial charge in [-0.1, -0.05) is 42.0 Å². The van der Waals surface area contributed by atoms with Gasteiger partial charge in [-0.2, -0.15) is 0 Å². The lowest BCUT2D eigenvalue weighted by molar-refractivity contribution is -0.114. The van der Waals surface area contributed by atoms with E-state index in [0.29, 0.717) is 13.1 Å². The highest BCUT2D eigenvalue weighted by atomic mass is 32.1. The van der Waals surface area contributed by atoms with E-state index in [1.54, 1.807) is 18.3 Å². The predicted octanol–water partition coefficient (Wildman–Crippen LogP) is 6.00. The maximum absolute atomic E-state index is 12.7. The topological polar surface area (TPSA) is 65.5 Å². The molecule has 0 spiro atoms. The number of likely N-dealkylation sites (tertiary alicyclic amines) is 1. The highest BCUT2D eigenvalue weighted by molar-refractivity contribution is 7.09. The monoisotopic (exact) mass is 502 g/mol. The number of benzene rings is 2. The number of amides is 2. The molecule has 2 amide bonds.